The maximum Gasteiger partial charge on any atom is 0.139 e. The van der Waals surface area contributed by atoms with E-state index < -0.39 is 0 Å². The molecule has 110 valence electrons. The van der Waals surface area contributed by atoms with E-state index in [2.05, 4.69) is 25.2 Å². The van der Waals surface area contributed by atoms with Crippen LogP contribution in [0.1, 0.15) is 42.5 Å². The topological polar surface area (TPSA) is 37.8 Å². The molecule has 2 aromatic rings. The molecule has 0 saturated heterocycles. The van der Waals surface area contributed by atoms with E-state index >= 15 is 0 Å². The number of nitrogens with zero attached hydrogens (tertiary/aromatic N) is 2. The predicted molar refractivity (Wildman–Crippen MR) is 87.7 cm³/mol. The van der Waals surface area contributed by atoms with Gasteiger partial charge in [-0.2, -0.15) is 0 Å². The van der Waals surface area contributed by atoms with E-state index in [-0.39, 0.29) is 0 Å². The first-order valence-electron chi connectivity index (χ1n) is 7.11. The van der Waals surface area contributed by atoms with Gasteiger partial charge in [0.25, 0.3) is 0 Å². The van der Waals surface area contributed by atoms with Gasteiger partial charge in [0.2, 0.25) is 0 Å². The van der Waals surface area contributed by atoms with Gasteiger partial charge in [0.1, 0.15) is 5.82 Å². The van der Waals surface area contributed by atoms with Crippen LogP contribution in [0.15, 0.2) is 29.2 Å². The average molecular weight is 320 g/mol. The number of aromatic nitrogens is 2. The van der Waals surface area contributed by atoms with E-state index in [1.807, 2.05) is 18.2 Å². The second kappa shape index (κ2) is 6.34. The van der Waals surface area contributed by atoms with Crippen LogP contribution < -0.4 is 5.32 Å². The van der Waals surface area contributed by atoms with Gasteiger partial charge in [-0.3, -0.25) is 0 Å². The molecule has 1 aliphatic heterocycles. The molecule has 0 atom stereocenters. The van der Waals surface area contributed by atoms with E-state index in [9.17, 15) is 0 Å². The van der Waals surface area contributed by atoms with Crippen molar-refractivity contribution in [1.82, 2.24) is 15.3 Å². The molecule has 0 aliphatic carbocycles. The second-order valence-corrected chi connectivity index (χ2v) is 6.94. The molecule has 0 bridgehead atoms. The van der Waals surface area contributed by atoms with Crippen LogP contribution in [0.25, 0.3) is 0 Å². The Balaban J connectivity index is 1.81. The Hall–Kier alpha value is -1.10. The van der Waals surface area contributed by atoms with Crippen molar-refractivity contribution in [2.24, 2.45) is 0 Å². The molecule has 0 unspecified atom stereocenters. The molecule has 0 fully saturated rings. The summed E-state index contributed by atoms with van der Waals surface area (Å²) >= 11 is 7.74. The third-order valence-electron chi connectivity index (χ3n) is 3.48. The molecule has 5 heteroatoms. The summed E-state index contributed by atoms with van der Waals surface area (Å²) in [5.74, 6) is 2.11. The SMILES string of the molecule is CC(C)c1nc(CSc2cccc(Cl)c2)nc2c1CNC2. The summed E-state index contributed by atoms with van der Waals surface area (Å²) in [6.07, 6.45) is 0. The fraction of sp³-hybridized carbons (Fsp3) is 0.375. The molecule has 0 saturated carbocycles. The van der Waals surface area contributed by atoms with Gasteiger partial charge < -0.3 is 5.32 Å². The number of benzene rings is 1. The van der Waals surface area contributed by atoms with Gasteiger partial charge in [0.15, 0.2) is 0 Å². The zero-order valence-electron chi connectivity index (χ0n) is 12.2. The van der Waals surface area contributed by atoms with Crippen LogP contribution >= 0.6 is 23.4 Å². The van der Waals surface area contributed by atoms with Crippen molar-refractivity contribution >= 4 is 23.4 Å². The number of nitrogens with one attached hydrogen (secondary N) is 1. The summed E-state index contributed by atoms with van der Waals surface area (Å²) in [7, 11) is 0. The first kappa shape index (κ1) is 14.8. The molecule has 1 N–H and O–H groups in total. The van der Waals surface area contributed by atoms with Crippen molar-refractivity contribution in [3.63, 3.8) is 0 Å². The van der Waals surface area contributed by atoms with Gasteiger partial charge in [0.05, 0.1) is 17.1 Å². The van der Waals surface area contributed by atoms with Gasteiger partial charge in [-0.05, 0) is 24.1 Å². The van der Waals surface area contributed by atoms with Crippen molar-refractivity contribution in [2.75, 3.05) is 0 Å². The Bertz CT molecular complexity index is 658. The normalized spacial score (nSPS) is 13.7. The van der Waals surface area contributed by atoms with E-state index in [1.165, 1.54) is 11.3 Å². The van der Waals surface area contributed by atoms with Crippen LogP contribution in [0, 0.1) is 0 Å². The molecule has 1 aromatic carbocycles. The molecule has 3 nitrogen and oxygen atoms in total. The lowest BCUT2D eigenvalue weighted by atomic mass is 10.0. The monoisotopic (exact) mass is 319 g/mol. The zero-order chi connectivity index (χ0) is 14.8. The molecule has 0 radical (unpaired) electrons. The molecular weight excluding hydrogens is 302 g/mol. The first-order chi connectivity index (χ1) is 10.1. The minimum atomic E-state index is 0.427. The summed E-state index contributed by atoms with van der Waals surface area (Å²) in [4.78, 5) is 10.6. The van der Waals surface area contributed by atoms with Gasteiger partial charge in [0, 0.05) is 28.6 Å². The summed E-state index contributed by atoms with van der Waals surface area (Å²) in [5, 5.41) is 4.13. The highest BCUT2D eigenvalue weighted by Crippen LogP contribution is 2.27. The second-order valence-electron chi connectivity index (χ2n) is 5.45. The van der Waals surface area contributed by atoms with Gasteiger partial charge in [-0.15, -0.1) is 11.8 Å². The molecule has 21 heavy (non-hydrogen) atoms. The molecule has 1 aliphatic rings. The largest absolute Gasteiger partial charge is 0.307 e. The fourth-order valence-corrected chi connectivity index (χ4v) is 3.56. The standard InChI is InChI=1S/C16H18ClN3S/c1-10(2)16-13-7-18-8-14(13)19-15(20-16)9-21-12-5-3-4-11(17)6-12/h3-6,10,18H,7-9H2,1-2H3. The molecular formula is C16H18ClN3S. The smallest absolute Gasteiger partial charge is 0.139 e. The van der Waals surface area contributed by atoms with Gasteiger partial charge >= 0.3 is 0 Å². The molecule has 2 heterocycles. The van der Waals surface area contributed by atoms with Crippen LogP contribution in [-0.4, -0.2) is 9.97 Å². The molecule has 0 amide bonds. The maximum absolute atomic E-state index is 6.02. The Kier molecular flexibility index (Phi) is 4.48. The highest BCUT2D eigenvalue weighted by Gasteiger charge is 2.20. The number of hydrogen-bond acceptors (Lipinski definition) is 4. The summed E-state index contributed by atoms with van der Waals surface area (Å²) < 4.78 is 0. The van der Waals surface area contributed by atoms with Crippen LogP contribution in [0.2, 0.25) is 5.02 Å². The van der Waals surface area contributed by atoms with Gasteiger partial charge in [-0.1, -0.05) is 31.5 Å². The van der Waals surface area contributed by atoms with Crippen LogP contribution in [0.4, 0.5) is 0 Å². The van der Waals surface area contributed by atoms with E-state index in [0.29, 0.717) is 5.92 Å². The number of hydrogen-bond donors (Lipinski definition) is 1. The third-order valence-corrected chi connectivity index (χ3v) is 4.70. The summed E-state index contributed by atoms with van der Waals surface area (Å²) in [6, 6.07) is 7.90. The highest BCUT2D eigenvalue weighted by atomic mass is 35.5. The Morgan fingerprint density at radius 2 is 2.14 bits per heavy atom. The van der Waals surface area contributed by atoms with Crippen LogP contribution in [0.5, 0.6) is 0 Å². The lowest BCUT2D eigenvalue weighted by molar-refractivity contribution is 0.746. The Morgan fingerprint density at radius 3 is 2.90 bits per heavy atom. The third kappa shape index (κ3) is 3.39. The lowest BCUT2D eigenvalue weighted by Gasteiger charge is -2.12. The van der Waals surface area contributed by atoms with E-state index in [1.54, 1.807) is 11.8 Å². The van der Waals surface area contributed by atoms with E-state index in [0.717, 1.165) is 40.3 Å². The first-order valence-corrected chi connectivity index (χ1v) is 8.47. The highest BCUT2D eigenvalue weighted by molar-refractivity contribution is 7.98. The quantitative estimate of drug-likeness (QED) is 0.859. The number of halogens is 1. The molecule has 0 spiro atoms. The van der Waals surface area contributed by atoms with E-state index in [4.69, 9.17) is 21.6 Å². The molecule has 3 rings (SSSR count). The molecule has 1 aromatic heterocycles. The van der Waals surface area contributed by atoms with Crippen molar-refractivity contribution < 1.29 is 0 Å². The Morgan fingerprint density at radius 1 is 1.29 bits per heavy atom. The van der Waals surface area contributed by atoms with Crippen molar-refractivity contribution in [2.45, 2.75) is 43.5 Å². The lowest BCUT2D eigenvalue weighted by Crippen LogP contribution is -2.06. The van der Waals surface area contributed by atoms with Gasteiger partial charge in [-0.25, -0.2) is 9.97 Å². The summed E-state index contributed by atoms with van der Waals surface area (Å²) in [6.45, 7) is 6.13. The van der Waals surface area contributed by atoms with Crippen LogP contribution in [-0.2, 0) is 18.8 Å². The van der Waals surface area contributed by atoms with Crippen LogP contribution in [0.3, 0.4) is 0 Å². The average Bonchev–Trinajstić information content (AvgIpc) is 2.92. The number of fused-ring (bicyclic) bond motifs is 1. The minimum absolute atomic E-state index is 0.427. The zero-order valence-corrected chi connectivity index (χ0v) is 13.8. The minimum Gasteiger partial charge on any atom is -0.307 e. The summed E-state index contributed by atoms with van der Waals surface area (Å²) in [5.41, 5.74) is 3.64. The fourth-order valence-electron chi connectivity index (χ4n) is 2.49. The Labute approximate surface area is 134 Å². The maximum atomic E-state index is 6.02. The predicted octanol–water partition coefficient (Wildman–Crippen LogP) is 4.15. The number of thioether (sulfide) groups is 1. The van der Waals surface area contributed by atoms with Crippen molar-refractivity contribution in [1.29, 1.82) is 0 Å². The van der Waals surface area contributed by atoms with Crippen molar-refractivity contribution in [3.8, 4) is 0 Å². The number of rotatable bonds is 4. The van der Waals surface area contributed by atoms with Crippen molar-refractivity contribution in [3.05, 3.63) is 52.1 Å².